The Morgan fingerprint density at radius 3 is 2.33 bits per heavy atom. The maximum atomic E-state index is 5.53. The molecule has 12 heavy (non-hydrogen) atoms. The summed E-state index contributed by atoms with van der Waals surface area (Å²) < 4.78 is 0. The first-order chi connectivity index (χ1) is 5.74. The van der Waals surface area contributed by atoms with Crippen LogP contribution >= 0.6 is 11.8 Å². The van der Waals surface area contributed by atoms with Crippen LogP contribution in [0.5, 0.6) is 0 Å². The maximum Gasteiger partial charge on any atom is 0.00565 e. The van der Waals surface area contributed by atoms with Gasteiger partial charge in [0, 0.05) is 5.25 Å². The second kappa shape index (κ2) is 7.93. The first-order valence-electron chi connectivity index (χ1n) is 5.06. The molecule has 0 heterocycles. The van der Waals surface area contributed by atoms with Crippen molar-refractivity contribution in [3.05, 3.63) is 0 Å². The Bertz CT molecular complexity index is 95.8. The number of rotatable bonds is 7. The third kappa shape index (κ3) is 5.90. The summed E-state index contributed by atoms with van der Waals surface area (Å²) in [7, 11) is 0. The van der Waals surface area contributed by atoms with Gasteiger partial charge in [0.1, 0.15) is 0 Å². The van der Waals surface area contributed by atoms with Crippen molar-refractivity contribution in [2.75, 3.05) is 12.3 Å². The molecule has 0 aromatic carbocycles. The van der Waals surface area contributed by atoms with Gasteiger partial charge in [0.25, 0.3) is 0 Å². The van der Waals surface area contributed by atoms with E-state index in [9.17, 15) is 0 Å². The second-order valence-corrected chi connectivity index (χ2v) is 4.79. The predicted octanol–water partition coefficient (Wildman–Crippen LogP) is 2.89. The van der Waals surface area contributed by atoms with E-state index in [0.29, 0.717) is 0 Å². The van der Waals surface area contributed by atoms with Crippen LogP contribution in [0.15, 0.2) is 0 Å². The Morgan fingerprint density at radius 2 is 1.92 bits per heavy atom. The highest BCUT2D eigenvalue weighted by Crippen LogP contribution is 2.21. The van der Waals surface area contributed by atoms with Gasteiger partial charge in [-0.05, 0) is 31.1 Å². The quantitative estimate of drug-likeness (QED) is 0.666. The summed E-state index contributed by atoms with van der Waals surface area (Å²) in [5.74, 6) is 2.16. The largest absolute Gasteiger partial charge is 0.330 e. The van der Waals surface area contributed by atoms with Gasteiger partial charge in [-0.1, -0.05) is 27.2 Å². The van der Waals surface area contributed by atoms with E-state index in [1.165, 1.54) is 25.0 Å². The lowest BCUT2D eigenvalue weighted by Gasteiger charge is -2.15. The fourth-order valence-electron chi connectivity index (χ4n) is 1.01. The highest BCUT2D eigenvalue weighted by Gasteiger charge is 2.07. The molecule has 2 atom stereocenters. The Balaban J connectivity index is 3.43. The highest BCUT2D eigenvalue weighted by molar-refractivity contribution is 7.99. The molecule has 2 unspecified atom stereocenters. The number of hydrogen-bond acceptors (Lipinski definition) is 2. The van der Waals surface area contributed by atoms with E-state index in [0.717, 1.165) is 17.7 Å². The molecule has 0 aliphatic rings. The smallest absolute Gasteiger partial charge is 0.00565 e. The zero-order valence-corrected chi connectivity index (χ0v) is 9.49. The summed E-state index contributed by atoms with van der Waals surface area (Å²) in [4.78, 5) is 0. The summed E-state index contributed by atoms with van der Waals surface area (Å²) in [6, 6.07) is 0. The van der Waals surface area contributed by atoms with E-state index >= 15 is 0 Å². The Hall–Kier alpha value is 0.310. The SMILES string of the molecule is CCC(C)CSC(CC)CCN. The van der Waals surface area contributed by atoms with Crippen LogP contribution < -0.4 is 5.73 Å². The third-order valence-electron chi connectivity index (χ3n) is 2.26. The van der Waals surface area contributed by atoms with E-state index in [4.69, 9.17) is 5.73 Å². The monoisotopic (exact) mass is 189 g/mol. The van der Waals surface area contributed by atoms with Gasteiger partial charge in [-0.15, -0.1) is 0 Å². The number of thioether (sulfide) groups is 1. The molecule has 0 saturated carbocycles. The van der Waals surface area contributed by atoms with Crippen molar-refractivity contribution >= 4 is 11.8 Å². The molecule has 0 amide bonds. The molecule has 0 aliphatic heterocycles. The van der Waals surface area contributed by atoms with Crippen LogP contribution in [0.4, 0.5) is 0 Å². The zero-order chi connectivity index (χ0) is 9.40. The van der Waals surface area contributed by atoms with Gasteiger partial charge in [0.15, 0.2) is 0 Å². The van der Waals surface area contributed by atoms with Gasteiger partial charge in [-0.3, -0.25) is 0 Å². The van der Waals surface area contributed by atoms with E-state index in [-0.39, 0.29) is 0 Å². The molecular formula is C10H23NS. The van der Waals surface area contributed by atoms with E-state index in [1.54, 1.807) is 0 Å². The third-order valence-corrected chi connectivity index (χ3v) is 4.06. The van der Waals surface area contributed by atoms with Crippen molar-refractivity contribution in [2.45, 2.75) is 45.3 Å². The van der Waals surface area contributed by atoms with Crippen LogP contribution in [0.3, 0.4) is 0 Å². The lowest BCUT2D eigenvalue weighted by molar-refractivity contribution is 0.632. The van der Waals surface area contributed by atoms with E-state index in [2.05, 4.69) is 32.5 Å². The second-order valence-electron chi connectivity index (χ2n) is 3.45. The van der Waals surface area contributed by atoms with Crippen molar-refractivity contribution in [1.29, 1.82) is 0 Å². The summed E-state index contributed by atoms with van der Waals surface area (Å²) in [5, 5.41) is 0.795. The van der Waals surface area contributed by atoms with Crippen molar-refractivity contribution in [1.82, 2.24) is 0 Å². The molecule has 0 aromatic heterocycles. The van der Waals surface area contributed by atoms with Crippen molar-refractivity contribution in [3.8, 4) is 0 Å². The Morgan fingerprint density at radius 1 is 1.25 bits per heavy atom. The van der Waals surface area contributed by atoms with Gasteiger partial charge in [-0.25, -0.2) is 0 Å². The lowest BCUT2D eigenvalue weighted by Crippen LogP contribution is -2.11. The summed E-state index contributed by atoms with van der Waals surface area (Å²) in [5.41, 5.74) is 5.53. The Kier molecular flexibility index (Phi) is 8.14. The molecule has 0 saturated heterocycles. The van der Waals surface area contributed by atoms with Gasteiger partial charge in [0.05, 0.1) is 0 Å². The average Bonchev–Trinajstić information content (AvgIpc) is 2.11. The minimum absolute atomic E-state index is 0.795. The molecule has 2 heteroatoms. The first kappa shape index (κ1) is 12.3. The van der Waals surface area contributed by atoms with Gasteiger partial charge < -0.3 is 5.73 Å². The summed E-state index contributed by atoms with van der Waals surface area (Å²) in [6.45, 7) is 7.67. The molecule has 0 aliphatic carbocycles. The minimum Gasteiger partial charge on any atom is -0.330 e. The standard InChI is InChI=1S/C10H23NS/c1-4-9(3)8-12-10(5-2)6-7-11/h9-10H,4-8,11H2,1-3H3. The van der Waals surface area contributed by atoms with Crippen LogP contribution in [0.1, 0.15) is 40.0 Å². The highest BCUT2D eigenvalue weighted by atomic mass is 32.2. The molecular weight excluding hydrogens is 166 g/mol. The molecule has 0 bridgehead atoms. The van der Waals surface area contributed by atoms with E-state index in [1.807, 2.05) is 0 Å². The summed E-state index contributed by atoms with van der Waals surface area (Å²) in [6.07, 6.45) is 3.74. The summed E-state index contributed by atoms with van der Waals surface area (Å²) >= 11 is 2.10. The van der Waals surface area contributed by atoms with Crippen molar-refractivity contribution in [2.24, 2.45) is 11.7 Å². The molecule has 1 nitrogen and oxygen atoms in total. The van der Waals surface area contributed by atoms with Crippen LogP contribution in [-0.4, -0.2) is 17.5 Å². The van der Waals surface area contributed by atoms with Crippen molar-refractivity contribution in [3.63, 3.8) is 0 Å². The molecule has 0 rings (SSSR count). The van der Waals surface area contributed by atoms with Crippen LogP contribution in [0, 0.1) is 5.92 Å². The fraction of sp³-hybridized carbons (Fsp3) is 1.00. The van der Waals surface area contributed by atoms with Gasteiger partial charge in [0.2, 0.25) is 0 Å². The average molecular weight is 189 g/mol. The zero-order valence-electron chi connectivity index (χ0n) is 8.68. The van der Waals surface area contributed by atoms with Crippen LogP contribution in [0.2, 0.25) is 0 Å². The van der Waals surface area contributed by atoms with Crippen LogP contribution in [0.25, 0.3) is 0 Å². The fourth-order valence-corrected chi connectivity index (χ4v) is 2.38. The Labute approximate surface area is 81.5 Å². The molecule has 0 radical (unpaired) electrons. The van der Waals surface area contributed by atoms with Crippen LogP contribution in [-0.2, 0) is 0 Å². The lowest BCUT2D eigenvalue weighted by atomic mass is 10.2. The molecule has 0 fully saturated rings. The normalized spacial score (nSPS) is 16.0. The van der Waals surface area contributed by atoms with Gasteiger partial charge >= 0.3 is 0 Å². The predicted molar refractivity (Wildman–Crippen MR) is 59.7 cm³/mol. The first-order valence-corrected chi connectivity index (χ1v) is 6.11. The molecule has 74 valence electrons. The van der Waals surface area contributed by atoms with Crippen molar-refractivity contribution < 1.29 is 0 Å². The topological polar surface area (TPSA) is 26.0 Å². The maximum absolute atomic E-state index is 5.53. The van der Waals surface area contributed by atoms with E-state index < -0.39 is 0 Å². The van der Waals surface area contributed by atoms with Gasteiger partial charge in [-0.2, -0.15) is 11.8 Å². The molecule has 0 spiro atoms. The minimum atomic E-state index is 0.795. The number of nitrogens with two attached hydrogens (primary N) is 1. The molecule has 2 N–H and O–H groups in total. The number of hydrogen-bond donors (Lipinski definition) is 1. The molecule has 0 aromatic rings.